The molecule has 0 amide bonds. The summed E-state index contributed by atoms with van der Waals surface area (Å²) in [6.45, 7) is 0. The van der Waals surface area contributed by atoms with Crippen LogP contribution in [-0.2, 0) is 0 Å². The van der Waals surface area contributed by atoms with Crippen LogP contribution in [0.3, 0.4) is 0 Å². The standard InChI is InChI=1S/C24H16Cl2N2O2/c25-18-10-6-17(7-11-18)23-21(14-15-22(30)16-8-12-20(29)13-9-16)24(26)28(27-23)19-4-2-1-3-5-19/h1-15,29H/b15-14+. The number of aromatic hydroxyl groups is 1. The van der Waals surface area contributed by atoms with E-state index in [-0.39, 0.29) is 11.5 Å². The highest BCUT2D eigenvalue weighted by Crippen LogP contribution is 2.32. The minimum Gasteiger partial charge on any atom is -0.508 e. The molecule has 4 rings (SSSR count). The second-order valence-corrected chi connectivity index (χ2v) is 7.35. The zero-order valence-electron chi connectivity index (χ0n) is 15.7. The van der Waals surface area contributed by atoms with E-state index in [1.807, 2.05) is 42.5 Å². The zero-order valence-corrected chi connectivity index (χ0v) is 17.2. The highest BCUT2D eigenvalue weighted by atomic mass is 35.5. The van der Waals surface area contributed by atoms with Crippen molar-refractivity contribution >= 4 is 35.1 Å². The Morgan fingerprint density at radius 3 is 2.23 bits per heavy atom. The van der Waals surface area contributed by atoms with E-state index in [2.05, 4.69) is 5.10 Å². The van der Waals surface area contributed by atoms with E-state index in [4.69, 9.17) is 23.2 Å². The summed E-state index contributed by atoms with van der Waals surface area (Å²) in [5, 5.41) is 15.1. The quantitative estimate of drug-likeness (QED) is 0.290. The number of benzene rings is 3. The molecule has 0 fully saturated rings. The molecule has 3 aromatic carbocycles. The van der Waals surface area contributed by atoms with Crippen LogP contribution in [0.4, 0.5) is 0 Å². The number of aromatic nitrogens is 2. The fourth-order valence-corrected chi connectivity index (χ4v) is 3.41. The van der Waals surface area contributed by atoms with E-state index in [0.717, 1.165) is 11.3 Å². The van der Waals surface area contributed by atoms with E-state index < -0.39 is 0 Å². The molecule has 1 heterocycles. The van der Waals surface area contributed by atoms with Crippen molar-refractivity contribution in [3.05, 3.63) is 106 Å². The van der Waals surface area contributed by atoms with Gasteiger partial charge in [0.25, 0.3) is 0 Å². The van der Waals surface area contributed by atoms with Crippen molar-refractivity contribution in [1.29, 1.82) is 0 Å². The molecule has 30 heavy (non-hydrogen) atoms. The first-order valence-electron chi connectivity index (χ1n) is 9.14. The lowest BCUT2D eigenvalue weighted by Gasteiger charge is -2.02. The van der Waals surface area contributed by atoms with E-state index in [1.165, 1.54) is 18.2 Å². The highest BCUT2D eigenvalue weighted by molar-refractivity contribution is 6.32. The Balaban J connectivity index is 1.78. The lowest BCUT2D eigenvalue weighted by atomic mass is 10.1. The number of hydrogen-bond acceptors (Lipinski definition) is 3. The van der Waals surface area contributed by atoms with Crippen molar-refractivity contribution in [2.75, 3.05) is 0 Å². The summed E-state index contributed by atoms with van der Waals surface area (Å²) >= 11 is 12.7. The molecule has 0 atom stereocenters. The lowest BCUT2D eigenvalue weighted by Crippen LogP contribution is -1.96. The molecule has 0 aliphatic rings. The van der Waals surface area contributed by atoms with Crippen molar-refractivity contribution in [3.8, 4) is 22.7 Å². The molecular weight excluding hydrogens is 419 g/mol. The van der Waals surface area contributed by atoms with Gasteiger partial charge in [0.05, 0.1) is 5.69 Å². The normalized spacial score (nSPS) is 11.1. The molecule has 148 valence electrons. The number of phenolic OH excluding ortho intramolecular Hbond substituents is 1. The molecule has 1 aromatic heterocycles. The largest absolute Gasteiger partial charge is 0.508 e. The molecule has 4 nitrogen and oxygen atoms in total. The van der Waals surface area contributed by atoms with Crippen molar-refractivity contribution in [3.63, 3.8) is 0 Å². The second-order valence-electron chi connectivity index (χ2n) is 6.55. The third kappa shape index (κ3) is 4.15. The molecule has 0 unspecified atom stereocenters. The predicted molar refractivity (Wildman–Crippen MR) is 120 cm³/mol. The van der Waals surface area contributed by atoms with Crippen LogP contribution in [0, 0.1) is 0 Å². The van der Waals surface area contributed by atoms with Crippen LogP contribution in [0.1, 0.15) is 15.9 Å². The maximum Gasteiger partial charge on any atom is 0.185 e. The topological polar surface area (TPSA) is 55.1 Å². The Hall–Kier alpha value is -3.34. The fourth-order valence-electron chi connectivity index (χ4n) is 3.00. The maximum absolute atomic E-state index is 12.6. The molecular formula is C24H16Cl2N2O2. The van der Waals surface area contributed by atoms with Gasteiger partial charge in [0.2, 0.25) is 0 Å². The van der Waals surface area contributed by atoms with Gasteiger partial charge in [0, 0.05) is 21.7 Å². The highest BCUT2D eigenvalue weighted by Gasteiger charge is 2.17. The number of carbonyl (C=O) groups is 1. The van der Waals surface area contributed by atoms with Gasteiger partial charge < -0.3 is 5.11 Å². The average molecular weight is 435 g/mol. The first-order valence-corrected chi connectivity index (χ1v) is 9.90. The van der Waals surface area contributed by atoms with Crippen molar-refractivity contribution in [2.24, 2.45) is 0 Å². The van der Waals surface area contributed by atoms with Gasteiger partial charge in [-0.25, -0.2) is 4.68 Å². The summed E-state index contributed by atoms with van der Waals surface area (Å²) in [5.41, 5.74) is 3.35. The number of halogens is 2. The SMILES string of the molecule is O=C(/C=C/c1c(-c2ccc(Cl)cc2)nn(-c2ccccc2)c1Cl)c1ccc(O)cc1. The maximum atomic E-state index is 12.6. The second kappa shape index (κ2) is 8.57. The van der Waals surface area contributed by atoms with Crippen molar-refractivity contribution in [2.45, 2.75) is 0 Å². The monoisotopic (exact) mass is 434 g/mol. The minimum atomic E-state index is -0.208. The van der Waals surface area contributed by atoms with Crippen molar-refractivity contribution in [1.82, 2.24) is 9.78 Å². The van der Waals surface area contributed by atoms with Gasteiger partial charge in [-0.05, 0) is 60.7 Å². The van der Waals surface area contributed by atoms with E-state index in [0.29, 0.717) is 27.0 Å². The van der Waals surface area contributed by atoms with Gasteiger partial charge in [0.15, 0.2) is 5.78 Å². The molecule has 1 N–H and O–H groups in total. The van der Waals surface area contributed by atoms with Gasteiger partial charge in [-0.2, -0.15) is 5.10 Å². The summed E-state index contributed by atoms with van der Waals surface area (Å²) in [6, 6.07) is 22.9. The number of nitrogens with zero attached hydrogens (tertiary/aromatic N) is 2. The van der Waals surface area contributed by atoms with Crippen LogP contribution in [0.2, 0.25) is 10.2 Å². The summed E-state index contributed by atoms with van der Waals surface area (Å²) < 4.78 is 1.64. The number of carbonyl (C=O) groups excluding carboxylic acids is 1. The average Bonchev–Trinajstić information content (AvgIpc) is 3.10. The molecule has 0 saturated heterocycles. The summed E-state index contributed by atoms with van der Waals surface area (Å²) in [6.07, 6.45) is 3.11. The Labute approximate surface area is 183 Å². The van der Waals surface area contributed by atoms with Crippen LogP contribution in [0.25, 0.3) is 23.0 Å². The Morgan fingerprint density at radius 2 is 1.57 bits per heavy atom. The van der Waals surface area contributed by atoms with Crippen LogP contribution < -0.4 is 0 Å². The summed E-state index contributed by atoms with van der Waals surface area (Å²) in [5.74, 6) is -0.103. The van der Waals surface area contributed by atoms with Gasteiger partial charge >= 0.3 is 0 Å². The van der Waals surface area contributed by atoms with E-state index >= 15 is 0 Å². The zero-order chi connectivity index (χ0) is 21.1. The molecule has 0 aliphatic carbocycles. The molecule has 6 heteroatoms. The number of allylic oxidation sites excluding steroid dienone is 1. The molecule has 0 radical (unpaired) electrons. The number of rotatable bonds is 5. The van der Waals surface area contributed by atoms with Crippen molar-refractivity contribution < 1.29 is 9.90 Å². The lowest BCUT2D eigenvalue weighted by molar-refractivity contribution is 0.104. The van der Waals surface area contributed by atoms with Gasteiger partial charge in [-0.1, -0.05) is 53.5 Å². The Kier molecular flexibility index (Phi) is 5.70. The number of para-hydroxylation sites is 1. The van der Waals surface area contributed by atoms with Crippen LogP contribution in [0.5, 0.6) is 5.75 Å². The predicted octanol–water partition coefficient (Wildman–Crippen LogP) is 6.45. The van der Waals surface area contributed by atoms with Crippen LogP contribution >= 0.6 is 23.2 Å². The summed E-state index contributed by atoms with van der Waals surface area (Å²) in [7, 11) is 0. The third-order valence-corrected chi connectivity index (χ3v) is 5.15. The van der Waals surface area contributed by atoms with Gasteiger partial charge in [0.1, 0.15) is 16.6 Å². The fraction of sp³-hybridized carbons (Fsp3) is 0. The third-order valence-electron chi connectivity index (χ3n) is 4.53. The molecule has 4 aromatic rings. The minimum absolute atomic E-state index is 0.104. The Bertz CT molecular complexity index is 1210. The molecule has 0 spiro atoms. The van der Waals surface area contributed by atoms with Crippen LogP contribution in [-0.4, -0.2) is 20.7 Å². The molecule has 0 saturated carbocycles. The molecule has 0 aliphatic heterocycles. The van der Waals surface area contributed by atoms with Crippen LogP contribution in [0.15, 0.2) is 84.9 Å². The van der Waals surface area contributed by atoms with Gasteiger partial charge in [-0.3, -0.25) is 4.79 Å². The first-order chi connectivity index (χ1) is 14.5. The number of phenols is 1. The Morgan fingerprint density at radius 1 is 0.900 bits per heavy atom. The number of hydrogen-bond donors (Lipinski definition) is 1. The first kappa shape index (κ1) is 20.0. The smallest absolute Gasteiger partial charge is 0.185 e. The van der Waals surface area contributed by atoms with E-state index in [1.54, 1.807) is 35.0 Å². The van der Waals surface area contributed by atoms with E-state index in [9.17, 15) is 9.90 Å². The van der Waals surface area contributed by atoms with Gasteiger partial charge in [-0.15, -0.1) is 0 Å². The summed E-state index contributed by atoms with van der Waals surface area (Å²) in [4.78, 5) is 12.6. The molecule has 0 bridgehead atoms. The number of ketones is 1.